The summed E-state index contributed by atoms with van der Waals surface area (Å²) in [7, 11) is 0. The first kappa shape index (κ1) is 16.5. The fourth-order valence-corrected chi connectivity index (χ4v) is 2.21. The zero-order valence-corrected chi connectivity index (χ0v) is 12.5. The Morgan fingerprint density at radius 3 is 2.45 bits per heavy atom. The number of aromatic nitrogens is 1. The Balaban J connectivity index is 2.11. The first-order chi connectivity index (χ1) is 9.75. The molecule has 0 fully saturated rings. The predicted octanol–water partition coefficient (Wildman–Crippen LogP) is 3.73. The molecular weight excluding hydrogens is 250 g/mol. The van der Waals surface area contributed by atoms with Crippen molar-refractivity contribution in [1.82, 2.24) is 4.98 Å². The van der Waals surface area contributed by atoms with Crippen molar-refractivity contribution >= 4 is 11.7 Å². The Labute approximate surface area is 122 Å². The molecule has 4 heteroatoms. The number of nitrogens with two attached hydrogens (primary N) is 1. The average Bonchev–Trinajstić information content (AvgIpc) is 2.46. The molecule has 0 aromatic carbocycles. The highest BCUT2D eigenvalue weighted by Crippen LogP contribution is 2.12. The van der Waals surface area contributed by atoms with Crippen LogP contribution in [-0.2, 0) is 0 Å². The van der Waals surface area contributed by atoms with Crippen molar-refractivity contribution < 1.29 is 4.79 Å². The van der Waals surface area contributed by atoms with Gasteiger partial charge in [0.2, 0.25) is 0 Å². The maximum atomic E-state index is 11.2. The van der Waals surface area contributed by atoms with Gasteiger partial charge >= 0.3 is 0 Å². The molecule has 20 heavy (non-hydrogen) atoms. The number of hydrogen-bond acceptors (Lipinski definition) is 3. The second-order valence-electron chi connectivity index (χ2n) is 5.17. The van der Waals surface area contributed by atoms with Gasteiger partial charge in [-0.1, -0.05) is 51.9 Å². The second kappa shape index (κ2) is 10.2. The largest absolute Gasteiger partial charge is 0.369 e. The van der Waals surface area contributed by atoms with Gasteiger partial charge in [0.05, 0.1) is 5.56 Å². The van der Waals surface area contributed by atoms with Gasteiger partial charge in [0.15, 0.2) is 0 Å². The van der Waals surface area contributed by atoms with E-state index in [4.69, 9.17) is 5.73 Å². The molecule has 0 aliphatic heterocycles. The lowest BCUT2D eigenvalue weighted by Crippen LogP contribution is -2.15. The molecule has 1 amide bonds. The van der Waals surface area contributed by atoms with Crippen LogP contribution in [0.25, 0.3) is 0 Å². The highest BCUT2D eigenvalue weighted by Gasteiger charge is 2.07. The zero-order chi connectivity index (χ0) is 14.6. The lowest BCUT2D eigenvalue weighted by atomic mass is 10.1. The standard InChI is InChI=1S/C16H27N3O/c1-2-3-4-5-6-7-8-9-12-18-16-14(15(17)20)11-10-13-19-16/h10-11,13H,2-9,12H2,1H3,(H2,17,20)(H,18,19). The minimum Gasteiger partial charge on any atom is -0.369 e. The van der Waals surface area contributed by atoms with Crippen LogP contribution in [0.2, 0.25) is 0 Å². The lowest BCUT2D eigenvalue weighted by molar-refractivity contribution is 0.100. The second-order valence-corrected chi connectivity index (χ2v) is 5.17. The van der Waals surface area contributed by atoms with Gasteiger partial charge in [-0.05, 0) is 18.6 Å². The summed E-state index contributed by atoms with van der Waals surface area (Å²) in [6, 6.07) is 3.42. The SMILES string of the molecule is CCCCCCCCCCNc1ncccc1C(N)=O. The fourth-order valence-electron chi connectivity index (χ4n) is 2.21. The summed E-state index contributed by atoms with van der Waals surface area (Å²) in [5.74, 6) is 0.166. The van der Waals surface area contributed by atoms with Gasteiger partial charge < -0.3 is 11.1 Å². The Morgan fingerprint density at radius 1 is 1.15 bits per heavy atom. The topological polar surface area (TPSA) is 68.0 Å². The van der Waals surface area contributed by atoms with Crippen molar-refractivity contribution in [2.24, 2.45) is 5.73 Å². The molecule has 0 radical (unpaired) electrons. The smallest absolute Gasteiger partial charge is 0.252 e. The average molecular weight is 277 g/mol. The van der Waals surface area contributed by atoms with Gasteiger partial charge in [-0.15, -0.1) is 0 Å². The minimum absolute atomic E-state index is 0.434. The zero-order valence-electron chi connectivity index (χ0n) is 12.5. The Hall–Kier alpha value is -1.58. The highest BCUT2D eigenvalue weighted by atomic mass is 16.1. The summed E-state index contributed by atoms with van der Waals surface area (Å²) in [5, 5.41) is 3.19. The molecule has 1 heterocycles. The van der Waals surface area contributed by atoms with E-state index in [1.165, 1.54) is 44.9 Å². The number of nitrogens with one attached hydrogen (secondary N) is 1. The number of pyridine rings is 1. The van der Waals surface area contributed by atoms with E-state index in [9.17, 15) is 4.79 Å². The summed E-state index contributed by atoms with van der Waals surface area (Å²) < 4.78 is 0. The molecule has 0 spiro atoms. The first-order valence-corrected chi connectivity index (χ1v) is 7.74. The van der Waals surface area contributed by atoms with E-state index in [1.807, 2.05) is 0 Å². The number of primary amides is 1. The number of hydrogen-bond donors (Lipinski definition) is 2. The molecule has 0 bridgehead atoms. The van der Waals surface area contributed by atoms with Crippen molar-refractivity contribution in [3.63, 3.8) is 0 Å². The summed E-state index contributed by atoms with van der Waals surface area (Å²) in [5.41, 5.74) is 5.77. The van der Waals surface area contributed by atoms with Gasteiger partial charge in [-0.2, -0.15) is 0 Å². The quantitative estimate of drug-likeness (QED) is 0.605. The monoisotopic (exact) mass is 277 g/mol. The van der Waals surface area contributed by atoms with E-state index in [2.05, 4.69) is 17.2 Å². The molecule has 1 rings (SSSR count). The number of anilines is 1. The Bertz CT molecular complexity index is 393. The fraction of sp³-hybridized carbons (Fsp3) is 0.625. The number of amides is 1. The maximum absolute atomic E-state index is 11.2. The van der Waals surface area contributed by atoms with Gasteiger partial charge in [-0.25, -0.2) is 4.98 Å². The van der Waals surface area contributed by atoms with Crippen LogP contribution in [-0.4, -0.2) is 17.4 Å². The van der Waals surface area contributed by atoms with E-state index >= 15 is 0 Å². The van der Waals surface area contributed by atoms with Gasteiger partial charge in [0, 0.05) is 12.7 Å². The van der Waals surface area contributed by atoms with Gasteiger partial charge in [0.25, 0.3) is 5.91 Å². The maximum Gasteiger partial charge on any atom is 0.252 e. The van der Waals surface area contributed by atoms with Crippen molar-refractivity contribution in [2.45, 2.75) is 58.3 Å². The van der Waals surface area contributed by atoms with Crippen molar-refractivity contribution in [2.75, 3.05) is 11.9 Å². The van der Waals surface area contributed by atoms with Crippen LogP contribution < -0.4 is 11.1 Å². The van der Waals surface area contributed by atoms with Crippen molar-refractivity contribution in [1.29, 1.82) is 0 Å². The van der Waals surface area contributed by atoms with Crippen LogP contribution in [0, 0.1) is 0 Å². The van der Waals surface area contributed by atoms with Crippen LogP contribution in [0.4, 0.5) is 5.82 Å². The van der Waals surface area contributed by atoms with Crippen molar-refractivity contribution in [3.8, 4) is 0 Å². The molecule has 0 aliphatic carbocycles. The molecule has 0 saturated carbocycles. The van der Waals surface area contributed by atoms with Crippen molar-refractivity contribution in [3.05, 3.63) is 23.9 Å². The molecule has 0 unspecified atom stereocenters. The number of carbonyl (C=O) groups is 1. The van der Waals surface area contributed by atoms with Gasteiger partial charge in [-0.3, -0.25) is 4.79 Å². The molecule has 3 N–H and O–H groups in total. The number of carbonyl (C=O) groups excluding carboxylic acids is 1. The van der Waals surface area contributed by atoms with E-state index in [0.29, 0.717) is 11.4 Å². The van der Waals surface area contributed by atoms with Gasteiger partial charge in [0.1, 0.15) is 5.82 Å². The Morgan fingerprint density at radius 2 is 1.80 bits per heavy atom. The molecule has 1 aromatic heterocycles. The van der Waals surface area contributed by atoms with E-state index in [0.717, 1.165) is 13.0 Å². The summed E-state index contributed by atoms with van der Waals surface area (Å²) >= 11 is 0. The Kier molecular flexibility index (Phi) is 8.43. The number of unbranched alkanes of at least 4 members (excludes halogenated alkanes) is 7. The molecule has 112 valence electrons. The van der Waals surface area contributed by atoms with Crippen LogP contribution in [0.1, 0.15) is 68.6 Å². The van der Waals surface area contributed by atoms with E-state index in [1.54, 1.807) is 18.3 Å². The predicted molar refractivity (Wildman–Crippen MR) is 83.9 cm³/mol. The molecule has 1 aromatic rings. The molecular formula is C16H27N3O. The third-order valence-electron chi connectivity index (χ3n) is 3.40. The van der Waals surface area contributed by atoms with Crippen LogP contribution in [0.15, 0.2) is 18.3 Å². The lowest BCUT2D eigenvalue weighted by Gasteiger charge is -2.08. The first-order valence-electron chi connectivity index (χ1n) is 7.74. The summed E-state index contributed by atoms with van der Waals surface area (Å²) in [4.78, 5) is 15.4. The summed E-state index contributed by atoms with van der Waals surface area (Å²) in [6.45, 7) is 3.08. The summed E-state index contributed by atoms with van der Waals surface area (Å²) in [6.07, 6.45) is 12.0. The molecule has 0 aliphatic rings. The molecule has 0 atom stereocenters. The molecule has 0 saturated heterocycles. The van der Waals surface area contributed by atoms with E-state index < -0.39 is 5.91 Å². The van der Waals surface area contributed by atoms with Crippen LogP contribution >= 0.6 is 0 Å². The molecule has 4 nitrogen and oxygen atoms in total. The minimum atomic E-state index is -0.434. The van der Waals surface area contributed by atoms with Crippen LogP contribution in [0.5, 0.6) is 0 Å². The number of rotatable bonds is 11. The van der Waals surface area contributed by atoms with E-state index in [-0.39, 0.29) is 0 Å². The number of nitrogens with zero attached hydrogens (tertiary/aromatic N) is 1. The third kappa shape index (κ3) is 6.55. The third-order valence-corrected chi connectivity index (χ3v) is 3.40. The van der Waals surface area contributed by atoms with Crippen LogP contribution in [0.3, 0.4) is 0 Å². The normalized spacial score (nSPS) is 10.4. The highest BCUT2D eigenvalue weighted by molar-refractivity contribution is 5.97.